The van der Waals surface area contributed by atoms with Crippen LogP contribution in [-0.2, 0) is 24.4 Å². The van der Waals surface area contributed by atoms with Gasteiger partial charge in [-0.2, -0.15) is 0 Å². The minimum absolute atomic E-state index is 0.0863. The van der Waals surface area contributed by atoms with Crippen molar-refractivity contribution in [1.29, 1.82) is 0 Å². The number of ether oxygens (including phenoxy) is 2. The maximum atomic E-state index is 13.6. The fourth-order valence-electron chi connectivity index (χ4n) is 5.09. The summed E-state index contributed by atoms with van der Waals surface area (Å²) < 4.78 is 26.9. The number of hydrogen-bond acceptors (Lipinski definition) is 7. The molecular weight excluding hydrogens is 487 g/mol. The van der Waals surface area contributed by atoms with Gasteiger partial charge in [-0.05, 0) is 78.6 Å². The first-order valence-corrected chi connectivity index (χ1v) is 13.2. The number of benzene rings is 2. The molecule has 1 fully saturated rings. The fraction of sp³-hybridized carbons (Fsp3) is 0.429. The summed E-state index contributed by atoms with van der Waals surface area (Å²) in [5.41, 5.74) is 2.14. The Morgan fingerprint density at radius 3 is 2.76 bits per heavy atom. The number of hydrogen-bond donors (Lipinski definition) is 1. The third kappa shape index (κ3) is 5.92. The Morgan fingerprint density at radius 2 is 2.03 bits per heavy atom. The van der Waals surface area contributed by atoms with Gasteiger partial charge in [-0.25, -0.2) is 9.07 Å². The average molecular weight is 521 g/mol. The van der Waals surface area contributed by atoms with Gasteiger partial charge in [0.25, 0.3) is 5.56 Å². The fourth-order valence-corrected chi connectivity index (χ4v) is 5.09. The van der Waals surface area contributed by atoms with E-state index in [1.807, 2.05) is 35.9 Å². The SMILES string of the molecule is CCOc1ccc2[nH]c(=O)c(CN(Cc3ccc(F)cc3)C(CC)c3nnnn3CC3CCCO3)cc2c1. The molecule has 0 spiro atoms. The van der Waals surface area contributed by atoms with Gasteiger partial charge in [0, 0.05) is 36.2 Å². The van der Waals surface area contributed by atoms with Crippen molar-refractivity contribution in [2.24, 2.45) is 0 Å². The number of aromatic nitrogens is 5. The van der Waals surface area contributed by atoms with E-state index >= 15 is 0 Å². The van der Waals surface area contributed by atoms with Gasteiger partial charge in [0.1, 0.15) is 11.6 Å². The molecule has 2 aromatic heterocycles. The van der Waals surface area contributed by atoms with Crippen LogP contribution in [0.15, 0.2) is 53.3 Å². The molecule has 1 aliphatic heterocycles. The van der Waals surface area contributed by atoms with E-state index in [0.29, 0.717) is 38.2 Å². The third-order valence-corrected chi connectivity index (χ3v) is 6.96. The average Bonchev–Trinajstić information content (AvgIpc) is 3.59. The molecule has 0 amide bonds. The lowest BCUT2D eigenvalue weighted by molar-refractivity contribution is 0.0888. The normalized spacial score (nSPS) is 16.4. The first-order valence-electron chi connectivity index (χ1n) is 13.2. The van der Waals surface area contributed by atoms with Gasteiger partial charge < -0.3 is 14.5 Å². The van der Waals surface area contributed by atoms with Crippen LogP contribution in [0, 0.1) is 5.82 Å². The van der Waals surface area contributed by atoms with Crippen molar-refractivity contribution in [1.82, 2.24) is 30.1 Å². The van der Waals surface area contributed by atoms with E-state index in [4.69, 9.17) is 9.47 Å². The summed E-state index contributed by atoms with van der Waals surface area (Å²) in [6.45, 7) is 6.76. The number of fused-ring (bicyclic) bond motifs is 1. The van der Waals surface area contributed by atoms with Crippen LogP contribution in [0.25, 0.3) is 10.9 Å². The molecule has 0 aliphatic carbocycles. The molecule has 0 radical (unpaired) electrons. The maximum Gasteiger partial charge on any atom is 0.252 e. The molecule has 2 aromatic carbocycles. The molecule has 38 heavy (non-hydrogen) atoms. The van der Waals surface area contributed by atoms with Gasteiger partial charge in [0.2, 0.25) is 0 Å². The predicted octanol–water partition coefficient (Wildman–Crippen LogP) is 4.38. The molecular formula is C28H33FN6O3. The van der Waals surface area contributed by atoms with E-state index in [1.54, 1.807) is 12.1 Å². The van der Waals surface area contributed by atoms with Crippen molar-refractivity contribution in [3.8, 4) is 5.75 Å². The van der Waals surface area contributed by atoms with Crippen LogP contribution < -0.4 is 10.3 Å². The van der Waals surface area contributed by atoms with E-state index in [9.17, 15) is 9.18 Å². The van der Waals surface area contributed by atoms with Crippen molar-refractivity contribution < 1.29 is 13.9 Å². The second-order valence-corrected chi connectivity index (χ2v) is 9.62. The topological polar surface area (TPSA) is 98.2 Å². The van der Waals surface area contributed by atoms with Crippen molar-refractivity contribution >= 4 is 10.9 Å². The molecule has 1 N–H and O–H groups in total. The number of aromatic amines is 1. The van der Waals surface area contributed by atoms with Gasteiger partial charge >= 0.3 is 0 Å². The molecule has 5 rings (SSSR count). The number of nitrogens with one attached hydrogen (secondary N) is 1. The van der Waals surface area contributed by atoms with Gasteiger partial charge in [0.15, 0.2) is 5.82 Å². The van der Waals surface area contributed by atoms with Crippen LogP contribution in [0.2, 0.25) is 0 Å². The molecule has 4 aromatic rings. The summed E-state index contributed by atoms with van der Waals surface area (Å²) in [7, 11) is 0. The van der Waals surface area contributed by atoms with Crippen LogP contribution in [0.3, 0.4) is 0 Å². The standard InChI is InChI=1S/C28H33FN6O3/c1-3-26(27-31-32-33-35(27)18-24-6-5-13-38-24)34(16-19-7-9-22(29)10-8-19)17-21-14-20-15-23(37-4-2)11-12-25(20)30-28(21)36/h7-12,14-15,24,26H,3-6,13,16-18H2,1-2H3,(H,30,36). The lowest BCUT2D eigenvalue weighted by atomic mass is 10.1. The summed E-state index contributed by atoms with van der Waals surface area (Å²) >= 11 is 0. The second kappa shape index (κ2) is 11.8. The minimum Gasteiger partial charge on any atom is -0.494 e. The molecule has 0 bridgehead atoms. The first-order chi connectivity index (χ1) is 18.5. The van der Waals surface area contributed by atoms with Crippen molar-refractivity contribution in [2.45, 2.75) is 64.9 Å². The molecule has 0 saturated carbocycles. The molecule has 3 heterocycles. The second-order valence-electron chi connectivity index (χ2n) is 9.62. The van der Waals surface area contributed by atoms with E-state index in [-0.39, 0.29) is 23.5 Å². The Labute approximate surface area is 220 Å². The molecule has 2 unspecified atom stereocenters. The Bertz CT molecular complexity index is 1410. The van der Waals surface area contributed by atoms with Crippen LogP contribution in [0.4, 0.5) is 4.39 Å². The highest BCUT2D eigenvalue weighted by Gasteiger charge is 2.28. The minimum atomic E-state index is -0.288. The highest BCUT2D eigenvalue weighted by atomic mass is 19.1. The number of rotatable bonds is 11. The van der Waals surface area contributed by atoms with Crippen molar-refractivity contribution in [3.05, 3.63) is 81.7 Å². The zero-order valence-corrected chi connectivity index (χ0v) is 21.8. The van der Waals surface area contributed by atoms with Crippen LogP contribution in [0.5, 0.6) is 5.75 Å². The van der Waals surface area contributed by atoms with Crippen LogP contribution in [0.1, 0.15) is 56.1 Å². The third-order valence-electron chi connectivity index (χ3n) is 6.96. The Morgan fingerprint density at radius 1 is 1.18 bits per heavy atom. The molecule has 9 nitrogen and oxygen atoms in total. The zero-order valence-electron chi connectivity index (χ0n) is 21.8. The molecule has 1 aliphatic rings. The molecule has 200 valence electrons. The largest absolute Gasteiger partial charge is 0.494 e. The predicted molar refractivity (Wildman–Crippen MR) is 141 cm³/mol. The molecule has 10 heteroatoms. The van der Waals surface area contributed by atoms with E-state index < -0.39 is 0 Å². The van der Waals surface area contributed by atoms with Gasteiger partial charge in [-0.15, -0.1) is 5.10 Å². The van der Waals surface area contributed by atoms with E-state index in [2.05, 4.69) is 32.3 Å². The molecule has 1 saturated heterocycles. The smallest absolute Gasteiger partial charge is 0.252 e. The summed E-state index contributed by atoms with van der Waals surface area (Å²) in [5.74, 6) is 1.19. The number of halogens is 1. The maximum absolute atomic E-state index is 13.6. The van der Waals surface area contributed by atoms with Crippen molar-refractivity contribution in [3.63, 3.8) is 0 Å². The number of H-pyrrole nitrogens is 1. The highest BCUT2D eigenvalue weighted by Crippen LogP contribution is 2.28. The van der Waals surface area contributed by atoms with Gasteiger partial charge in [0.05, 0.1) is 25.3 Å². The van der Waals surface area contributed by atoms with Crippen LogP contribution >= 0.6 is 0 Å². The summed E-state index contributed by atoms with van der Waals surface area (Å²) in [4.78, 5) is 18.3. The lowest BCUT2D eigenvalue weighted by Crippen LogP contribution is -2.33. The molecule has 2 atom stereocenters. The Balaban J connectivity index is 1.49. The van der Waals surface area contributed by atoms with Crippen LogP contribution in [-0.4, -0.2) is 49.4 Å². The Kier molecular flexibility index (Phi) is 8.09. The van der Waals surface area contributed by atoms with Gasteiger partial charge in [-0.1, -0.05) is 19.1 Å². The van der Waals surface area contributed by atoms with E-state index in [0.717, 1.165) is 47.5 Å². The number of tetrazole rings is 1. The lowest BCUT2D eigenvalue weighted by Gasteiger charge is -2.30. The zero-order chi connectivity index (χ0) is 26.5. The van der Waals surface area contributed by atoms with Gasteiger partial charge in [-0.3, -0.25) is 9.69 Å². The Hall–Kier alpha value is -3.63. The quantitative estimate of drug-likeness (QED) is 0.313. The first kappa shape index (κ1) is 26.0. The van der Waals surface area contributed by atoms with Crippen molar-refractivity contribution in [2.75, 3.05) is 13.2 Å². The van der Waals surface area contributed by atoms with E-state index in [1.165, 1.54) is 12.1 Å². The summed E-state index contributed by atoms with van der Waals surface area (Å²) in [5, 5.41) is 13.5. The summed E-state index contributed by atoms with van der Waals surface area (Å²) in [6.07, 6.45) is 2.81. The number of pyridine rings is 1. The monoisotopic (exact) mass is 520 g/mol. The highest BCUT2D eigenvalue weighted by molar-refractivity contribution is 5.80. The number of nitrogens with zero attached hydrogens (tertiary/aromatic N) is 5. The summed E-state index contributed by atoms with van der Waals surface area (Å²) in [6, 6.07) is 13.8.